The highest BCUT2D eigenvalue weighted by Crippen LogP contribution is 2.42. The number of carbonyl (C=O) groups is 1. The van der Waals surface area contributed by atoms with Crippen molar-refractivity contribution in [2.24, 2.45) is 0 Å². The number of rotatable bonds is 7. The molecule has 1 aliphatic carbocycles. The molecule has 1 heterocycles. The normalized spacial score (nSPS) is 11.9. The number of benzene rings is 3. The SMILES string of the molecule is CCNc1cc2oc3cc(=[NH+]CC)c(C)cc-3c(-c3ccccc3C(=O)N(C)CCO)c2cc1C. The van der Waals surface area contributed by atoms with Crippen LogP contribution in [-0.4, -0.2) is 49.2 Å². The Bertz CT molecular complexity index is 1420. The zero-order valence-corrected chi connectivity index (χ0v) is 21.2. The van der Waals surface area contributed by atoms with Crippen LogP contribution in [0.4, 0.5) is 5.69 Å². The molecule has 4 rings (SSSR count). The summed E-state index contributed by atoms with van der Waals surface area (Å²) in [5, 5.41) is 14.8. The first-order chi connectivity index (χ1) is 16.9. The highest BCUT2D eigenvalue weighted by atomic mass is 16.3. The number of aliphatic hydroxyl groups excluding tert-OH is 1. The fraction of sp³-hybridized carbons (Fsp3) is 0.310. The van der Waals surface area contributed by atoms with Gasteiger partial charge < -0.3 is 19.7 Å². The van der Waals surface area contributed by atoms with Gasteiger partial charge in [-0.25, -0.2) is 4.99 Å². The molecule has 0 bridgehead atoms. The van der Waals surface area contributed by atoms with E-state index in [0.29, 0.717) is 5.56 Å². The van der Waals surface area contributed by atoms with E-state index in [-0.39, 0.29) is 19.1 Å². The maximum absolute atomic E-state index is 13.4. The van der Waals surface area contributed by atoms with Crippen molar-refractivity contribution >= 4 is 22.6 Å². The van der Waals surface area contributed by atoms with E-state index in [2.05, 4.69) is 50.1 Å². The molecule has 35 heavy (non-hydrogen) atoms. The van der Waals surface area contributed by atoms with E-state index in [0.717, 1.165) is 68.7 Å². The number of nitrogens with one attached hydrogen (secondary N) is 2. The summed E-state index contributed by atoms with van der Waals surface area (Å²) in [5.41, 5.74) is 7.37. The standard InChI is InChI=1S/C29H33N3O3/c1-6-30-24-16-26-22(14-18(24)3)28(23-15-19(4)25(31-7-2)17-27(23)35-26)20-10-8-9-11-21(20)29(34)32(5)12-13-33/h8-11,14-17,30,33H,6-7,12-13H2,1-5H3/p+1. The van der Waals surface area contributed by atoms with Gasteiger partial charge in [0.1, 0.15) is 17.9 Å². The van der Waals surface area contributed by atoms with Crippen LogP contribution >= 0.6 is 0 Å². The number of amides is 1. The van der Waals surface area contributed by atoms with Crippen molar-refractivity contribution in [3.8, 4) is 22.5 Å². The number of nitrogens with zero attached hydrogens (tertiary/aromatic N) is 1. The first kappa shape index (κ1) is 24.5. The smallest absolute Gasteiger partial charge is 0.254 e. The van der Waals surface area contributed by atoms with E-state index in [9.17, 15) is 9.90 Å². The van der Waals surface area contributed by atoms with Gasteiger partial charge >= 0.3 is 0 Å². The number of anilines is 1. The van der Waals surface area contributed by atoms with Gasteiger partial charge in [0.15, 0.2) is 0 Å². The number of aliphatic hydroxyl groups is 1. The third-order valence-corrected chi connectivity index (χ3v) is 6.36. The molecule has 0 fully saturated rings. The van der Waals surface area contributed by atoms with Gasteiger partial charge in [0, 0.05) is 59.5 Å². The van der Waals surface area contributed by atoms with Crippen LogP contribution in [0.1, 0.15) is 35.3 Å². The molecule has 0 spiro atoms. The molecule has 2 aromatic rings. The molecule has 6 nitrogen and oxygen atoms in total. The largest absolute Gasteiger partial charge is 0.456 e. The predicted molar refractivity (Wildman–Crippen MR) is 141 cm³/mol. The molecule has 3 N–H and O–H groups in total. The average Bonchev–Trinajstić information content (AvgIpc) is 2.84. The van der Waals surface area contributed by atoms with Gasteiger partial charge in [-0.15, -0.1) is 0 Å². The van der Waals surface area contributed by atoms with Gasteiger partial charge in [-0.3, -0.25) is 4.79 Å². The van der Waals surface area contributed by atoms with E-state index in [4.69, 9.17) is 4.42 Å². The summed E-state index contributed by atoms with van der Waals surface area (Å²) in [6.07, 6.45) is 0. The fourth-order valence-corrected chi connectivity index (χ4v) is 4.60. The Hall–Kier alpha value is -3.64. The molecular formula is C29H34N3O3+. The minimum atomic E-state index is -0.126. The molecule has 0 saturated heterocycles. The zero-order chi connectivity index (χ0) is 25.1. The van der Waals surface area contributed by atoms with Crippen molar-refractivity contribution < 1.29 is 19.3 Å². The van der Waals surface area contributed by atoms with Crippen molar-refractivity contribution in [3.05, 3.63) is 70.6 Å². The van der Waals surface area contributed by atoms with E-state index in [1.165, 1.54) is 0 Å². The molecule has 6 heteroatoms. The van der Waals surface area contributed by atoms with Gasteiger partial charge in [0.25, 0.3) is 5.91 Å². The molecule has 1 amide bonds. The number of fused-ring (bicyclic) bond motifs is 2. The summed E-state index contributed by atoms with van der Waals surface area (Å²) in [6, 6.07) is 16.1. The topological polar surface area (TPSA) is 79.7 Å². The van der Waals surface area contributed by atoms with E-state index < -0.39 is 0 Å². The molecule has 0 aromatic heterocycles. The number of carbonyl (C=O) groups excluding carboxylic acids is 1. The molecule has 0 radical (unpaired) electrons. The van der Waals surface area contributed by atoms with Crippen LogP contribution in [0, 0.1) is 13.8 Å². The first-order valence-electron chi connectivity index (χ1n) is 12.2. The van der Waals surface area contributed by atoms with E-state index in [1.54, 1.807) is 11.9 Å². The second-order valence-corrected chi connectivity index (χ2v) is 8.86. The van der Waals surface area contributed by atoms with Crippen LogP contribution in [0.2, 0.25) is 0 Å². The van der Waals surface area contributed by atoms with Gasteiger partial charge in [0.05, 0.1) is 12.7 Å². The van der Waals surface area contributed by atoms with Crippen LogP contribution in [0.15, 0.2) is 52.9 Å². The number of likely N-dealkylation sites (N-methyl/N-ethyl adjacent to an activating group) is 1. The summed E-state index contributed by atoms with van der Waals surface area (Å²) in [6.45, 7) is 10.1. The molecule has 0 unspecified atom stereocenters. The minimum Gasteiger partial charge on any atom is -0.456 e. The minimum absolute atomic E-state index is 0.0840. The summed E-state index contributed by atoms with van der Waals surface area (Å²) in [5.74, 6) is 0.630. The second-order valence-electron chi connectivity index (χ2n) is 8.86. The monoisotopic (exact) mass is 472 g/mol. The highest BCUT2D eigenvalue weighted by Gasteiger charge is 2.24. The van der Waals surface area contributed by atoms with E-state index >= 15 is 0 Å². The van der Waals surface area contributed by atoms with Crippen LogP contribution < -0.4 is 15.7 Å². The average molecular weight is 473 g/mol. The number of aryl methyl sites for hydroxylation is 2. The van der Waals surface area contributed by atoms with Gasteiger partial charge in [0.2, 0.25) is 5.36 Å². The first-order valence-corrected chi connectivity index (χ1v) is 12.2. The second kappa shape index (κ2) is 10.3. The van der Waals surface area contributed by atoms with Crippen molar-refractivity contribution in [3.63, 3.8) is 0 Å². The lowest BCUT2D eigenvalue weighted by Gasteiger charge is -2.21. The molecule has 2 aromatic carbocycles. The summed E-state index contributed by atoms with van der Waals surface area (Å²) < 4.78 is 6.47. The van der Waals surface area contributed by atoms with Crippen molar-refractivity contribution in [1.82, 2.24) is 4.90 Å². The Morgan fingerprint density at radius 2 is 1.83 bits per heavy atom. The van der Waals surface area contributed by atoms with Crippen LogP contribution in [0.5, 0.6) is 0 Å². The lowest BCUT2D eigenvalue weighted by molar-refractivity contribution is -0.496. The summed E-state index contributed by atoms with van der Waals surface area (Å²) in [4.78, 5) is 18.4. The molecule has 1 aliphatic heterocycles. The Balaban J connectivity index is 2.12. The maximum atomic E-state index is 13.4. The lowest BCUT2D eigenvalue weighted by atomic mass is 9.89. The summed E-state index contributed by atoms with van der Waals surface area (Å²) in [7, 11) is 1.71. The Morgan fingerprint density at radius 1 is 1.06 bits per heavy atom. The predicted octanol–water partition coefficient (Wildman–Crippen LogP) is 3.32. The number of hydrogen-bond donors (Lipinski definition) is 3. The Labute approximate surface area is 206 Å². The van der Waals surface area contributed by atoms with Crippen molar-refractivity contribution in [1.29, 1.82) is 0 Å². The number of hydrogen-bond acceptors (Lipinski definition) is 4. The molecule has 182 valence electrons. The Morgan fingerprint density at radius 3 is 2.54 bits per heavy atom. The highest BCUT2D eigenvalue weighted by molar-refractivity contribution is 6.09. The molecule has 2 aliphatic rings. The molecule has 0 saturated carbocycles. The summed E-state index contributed by atoms with van der Waals surface area (Å²) >= 11 is 0. The molecular weight excluding hydrogens is 438 g/mol. The third-order valence-electron chi connectivity index (χ3n) is 6.36. The Kier molecular flexibility index (Phi) is 7.22. The van der Waals surface area contributed by atoms with E-state index in [1.807, 2.05) is 36.4 Å². The lowest BCUT2D eigenvalue weighted by Crippen LogP contribution is -2.76. The zero-order valence-electron chi connectivity index (χ0n) is 21.2. The van der Waals surface area contributed by atoms with Gasteiger partial charge in [-0.1, -0.05) is 18.2 Å². The quantitative estimate of drug-likeness (QED) is 0.361. The van der Waals surface area contributed by atoms with Crippen molar-refractivity contribution in [2.75, 3.05) is 38.6 Å². The fourth-order valence-electron chi connectivity index (χ4n) is 4.60. The third kappa shape index (κ3) is 4.66. The van der Waals surface area contributed by atoms with Crippen LogP contribution in [-0.2, 0) is 0 Å². The van der Waals surface area contributed by atoms with Crippen molar-refractivity contribution in [2.45, 2.75) is 27.7 Å². The van der Waals surface area contributed by atoms with Crippen LogP contribution in [0.3, 0.4) is 0 Å². The van der Waals surface area contributed by atoms with Crippen LogP contribution in [0.25, 0.3) is 33.4 Å². The maximum Gasteiger partial charge on any atom is 0.254 e. The van der Waals surface area contributed by atoms with Gasteiger partial charge in [-0.05, 0) is 57.0 Å². The molecule has 0 atom stereocenters. The van der Waals surface area contributed by atoms with Gasteiger partial charge in [-0.2, -0.15) is 0 Å².